The van der Waals surface area contributed by atoms with E-state index in [1.807, 2.05) is 0 Å². The number of hydrogen-bond acceptors (Lipinski definition) is 6. The second-order valence-corrected chi connectivity index (χ2v) is 9.19. The molecule has 8 nitrogen and oxygen atoms in total. The largest absolute Gasteiger partial charge is 0.480 e. The Morgan fingerprint density at radius 3 is 1.96 bits per heavy atom. The van der Waals surface area contributed by atoms with Crippen molar-refractivity contribution in [3.8, 4) is 0 Å². The summed E-state index contributed by atoms with van der Waals surface area (Å²) >= 11 is 0. The molecule has 0 aliphatic rings. The zero-order valence-corrected chi connectivity index (χ0v) is 16.3. The summed E-state index contributed by atoms with van der Waals surface area (Å²) in [6.45, 7) is 10.1. The number of carboxylic acid groups (broad SMARTS) is 1. The van der Waals surface area contributed by atoms with Crippen molar-refractivity contribution in [3.63, 3.8) is 0 Å². The number of nitrogens with zero attached hydrogens (tertiary/aromatic N) is 1. The highest BCUT2D eigenvalue weighted by molar-refractivity contribution is 7.85. The first kappa shape index (κ1) is 22.6. The Labute approximate surface area is 144 Å². The maximum atomic E-state index is 12.5. The van der Waals surface area contributed by atoms with E-state index in [0.717, 1.165) is 6.26 Å². The average molecular weight is 367 g/mol. The molecule has 1 amide bonds. The number of rotatable bonds is 7. The minimum absolute atomic E-state index is 0.0430. The molecule has 0 saturated heterocycles. The van der Waals surface area contributed by atoms with Gasteiger partial charge in [0.2, 0.25) is 0 Å². The van der Waals surface area contributed by atoms with Gasteiger partial charge < -0.3 is 9.84 Å². The molecule has 0 aliphatic heterocycles. The zero-order chi connectivity index (χ0) is 19.3. The van der Waals surface area contributed by atoms with Gasteiger partial charge in [0.25, 0.3) is 10.1 Å². The molecule has 0 radical (unpaired) electrons. The van der Waals surface area contributed by atoms with E-state index in [-0.39, 0.29) is 19.4 Å². The fourth-order valence-corrected chi connectivity index (χ4v) is 2.45. The van der Waals surface area contributed by atoms with Crippen LogP contribution in [0.2, 0.25) is 0 Å². The lowest BCUT2D eigenvalue weighted by molar-refractivity contribution is -0.145. The number of amides is 1. The maximum absolute atomic E-state index is 12.5. The number of carboxylic acids is 1. The first-order valence-electron chi connectivity index (χ1n) is 7.64. The first-order valence-corrected chi connectivity index (χ1v) is 9.46. The molecule has 0 bridgehead atoms. The molecule has 9 heteroatoms. The normalized spacial score (nSPS) is 14.1. The fourth-order valence-electron chi connectivity index (χ4n) is 2.03. The summed E-state index contributed by atoms with van der Waals surface area (Å²) in [6.07, 6.45) is 0.399. The van der Waals surface area contributed by atoms with Crippen LogP contribution in [-0.4, -0.2) is 60.5 Å². The van der Waals surface area contributed by atoms with Crippen LogP contribution in [0.1, 0.15) is 54.4 Å². The van der Waals surface area contributed by atoms with Gasteiger partial charge >= 0.3 is 12.1 Å². The van der Waals surface area contributed by atoms with Crippen LogP contribution in [0.5, 0.6) is 0 Å². The predicted molar refractivity (Wildman–Crippen MR) is 89.3 cm³/mol. The molecule has 142 valence electrons. The number of aliphatic carboxylic acids is 1. The van der Waals surface area contributed by atoms with Gasteiger partial charge in [-0.25, -0.2) is 9.59 Å². The lowest BCUT2D eigenvalue weighted by Crippen LogP contribution is -2.56. The maximum Gasteiger partial charge on any atom is 0.411 e. The van der Waals surface area contributed by atoms with Gasteiger partial charge in [-0.1, -0.05) is 0 Å². The summed E-state index contributed by atoms with van der Waals surface area (Å²) in [4.78, 5) is 25.3. The summed E-state index contributed by atoms with van der Waals surface area (Å²) in [5, 5.41) is 9.50. The highest BCUT2D eigenvalue weighted by Crippen LogP contribution is 2.24. The molecule has 0 aromatic heterocycles. The lowest BCUT2D eigenvalue weighted by atomic mass is 10.0. The van der Waals surface area contributed by atoms with Gasteiger partial charge in [0.1, 0.15) is 11.6 Å². The Morgan fingerprint density at radius 2 is 1.62 bits per heavy atom. The van der Waals surface area contributed by atoms with Crippen molar-refractivity contribution in [1.82, 2.24) is 4.90 Å². The minimum Gasteiger partial charge on any atom is -0.480 e. The van der Waals surface area contributed by atoms with E-state index >= 15 is 0 Å². The van der Waals surface area contributed by atoms with Crippen molar-refractivity contribution >= 4 is 22.2 Å². The van der Waals surface area contributed by atoms with Gasteiger partial charge in [-0.2, -0.15) is 8.42 Å². The Morgan fingerprint density at radius 1 is 1.12 bits per heavy atom. The van der Waals surface area contributed by atoms with Crippen LogP contribution < -0.4 is 0 Å². The van der Waals surface area contributed by atoms with E-state index in [1.165, 1.54) is 4.90 Å². The highest BCUT2D eigenvalue weighted by atomic mass is 32.2. The molecular weight excluding hydrogens is 338 g/mol. The first-order chi connectivity index (χ1) is 10.5. The van der Waals surface area contributed by atoms with Gasteiger partial charge in [0, 0.05) is 5.54 Å². The van der Waals surface area contributed by atoms with Gasteiger partial charge in [-0.05, 0) is 54.4 Å². The van der Waals surface area contributed by atoms with Crippen LogP contribution in [0.25, 0.3) is 0 Å². The number of ether oxygens (including phenoxy) is 1. The monoisotopic (exact) mass is 367 g/mol. The number of hydrogen-bond donors (Lipinski definition) is 1. The molecule has 0 fully saturated rings. The quantitative estimate of drug-likeness (QED) is 0.542. The number of carbonyl (C=O) groups is 2. The molecule has 1 atom stereocenters. The summed E-state index contributed by atoms with van der Waals surface area (Å²) in [5.41, 5.74) is -1.55. The van der Waals surface area contributed by atoms with Crippen LogP contribution in [0, 0.1) is 0 Å². The van der Waals surface area contributed by atoms with Crippen LogP contribution in [0.4, 0.5) is 4.79 Å². The summed E-state index contributed by atoms with van der Waals surface area (Å²) in [6, 6.07) is -1.15. The van der Waals surface area contributed by atoms with Crippen molar-refractivity contribution in [2.24, 2.45) is 0 Å². The summed E-state index contributed by atoms with van der Waals surface area (Å²) in [7, 11) is -3.58. The molecule has 24 heavy (non-hydrogen) atoms. The molecule has 0 heterocycles. The third-order valence-electron chi connectivity index (χ3n) is 2.83. The Hall–Kier alpha value is -1.35. The Bertz CT molecular complexity index is 543. The summed E-state index contributed by atoms with van der Waals surface area (Å²) < 4.78 is 31.8. The van der Waals surface area contributed by atoms with Gasteiger partial charge in [-0.15, -0.1) is 0 Å². The van der Waals surface area contributed by atoms with Crippen molar-refractivity contribution in [2.75, 3.05) is 12.9 Å². The van der Waals surface area contributed by atoms with E-state index in [0.29, 0.717) is 0 Å². The van der Waals surface area contributed by atoms with Gasteiger partial charge in [0.05, 0.1) is 12.9 Å². The zero-order valence-electron chi connectivity index (χ0n) is 15.5. The SMILES string of the molecule is CC(C)(C)OC(=O)N([C@@H](CCCOS(C)(=O)=O)C(=O)O)C(C)(C)C. The molecular formula is C15H29NO7S. The average Bonchev–Trinajstić information content (AvgIpc) is 2.26. The Balaban J connectivity index is 5.21. The predicted octanol–water partition coefficient (Wildman–Crippen LogP) is 2.23. The molecule has 0 aromatic rings. The topological polar surface area (TPSA) is 110 Å². The molecule has 0 saturated carbocycles. The summed E-state index contributed by atoms with van der Waals surface area (Å²) in [5.74, 6) is -1.19. The van der Waals surface area contributed by atoms with Crippen molar-refractivity contribution in [1.29, 1.82) is 0 Å². The standard InChI is InChI=1S/C15H29NO7S/c1-14(2,3)16(13(19)23-15(4,5)6)11(12(17)18)9-8-10-22-24(7,20)21/h11H,8-10H2,1-7H3,(H,17,18)/t11-/m0/s1. The molecule has 0 spiro atoms. The molecule has 1 N–H and O–H groups in total. The third-order valence-corrected chi connectivity index (χ3v) is 3.42. The smallest absolute Gasteiger partial charge is 0.411 e. The van der Waals surface area contributed by atoms with Crippen molar-refractivity contribution < 1.29 is 32.0 Å². The minimum atomic E-state index is -3.58. The van der Waals surface area contributed by atoms with Crippen LogP contribution in [0.15, 0.2) is 0 Å². The van der Waals surface area contributed by atoms with Crippen molar-refractivity contribution in [2.45, 2.75) is 71.6 Å². The fraction of sp³-hybridized carbons (Fsp3) is 0.867. The highest BCUT2D eigenvalue weighted by Gasteiger charge is 2.39. The Kier molecular flexibility index (Phi) is 7.69. The van der Waals surface area contributed by atoms with E-state index in [1.54, 1.807) is 41.5 Å². The van der Waals surface area contributed by atoms with Crippen molar-refractivity contribution in [3.05, 3.63) is 0 Å². The van der Waals surface area contributed by atoms with E-state index in [4.69, 9.17) is 4.74 Å². The van der Waals surface area contributed by atoms with E-state index < -0.39 is 39.4 Å². The molecule has 0 unspecified atom stereocenters. The molecule has 0 rings (SSSR count). The second kappa shape index (κ2) is 8.15. The van der Waals surface area contributed by atoms with Crippen LogP contribution >= 0.6 is 0 Å². The van der Waals surface area contributed by atoms with Gasteiger partial charge in [-0.3, -0.25) is 9.08 Å². The molecule has 0 aliphatic carbocycles. The van der Waals surface area contributed by atoms with Crippen LogP contribution in [-0.2, 0) is 23.8 Å². The van der Waals surface area contributed by atoms with E-state index in [9.17, 15) is 23.1 Å². The van der Waals surface area contributed by atoms with E-state index in [2.05, 4.69) is 4.18 Å². The lowest BCUT2D eigenvalue weighted by Gasteiger charge is -2.40. The number of carbonyl (C=O) groups excluding carboxylic acids is 1. The molecule has 0 aromatic carbocycles. The van der Waals surface area contributed by atoms with Crippen LogP contribution in [0.3, 0.4) is 0 Å². The van der Waals surface area contributed by atoms with Gasteiger partial charge in [0.15, 0.2) is 0 Å². The second-order valence-electron chi connectivity index (χ2n) is 7.54. The third kappa shape index (κ3) is 9.07.